The van der Waals surface area contributed by atoms with Crippen LogP contribution in [-0.4, -0.2) is 59.1 Å². The van der Waals surface area contributed by atoms with Gasteiger partial charge in [0.15, 0.2) is 0 Å². The van der Waals surface area contributed by atoms with Crippen LogP contribution < -0.4 is 5.32 Å². The average Bonchev–Trinajstić information content (AvgIpc) is 2.14. The molecule has 16 heavy (non-hydrogen) atoms. The Labute approximate surface area is 100 Å². The van der Waals surface area contributed by atoms with Crippen LogP contribution in [0.3, 0.4) is 0 Å². The first-order chi connectivity index (χ1) is 7.22. The number of rotatable bonds is 8. The molecule has 98 valence electrons. The normalized spacial score (nSPS) is 16.4. The molecule has 0 aromatic carbocycles. The van der Waals surface area contributed by atoms with Crippen LogP contribution in [0, 0.1) is 5.41 Å². The van der Waals surface area contributed by atoms with Crippen LogP contribution in [0.5, 0.6) is 0 Å². The zero-order chi connectivity index (χ0) is 12.8. The van der Waals surface area contributed by atoms with E-state index in [1.807, 2.05) is 14.1 Å². The second-order valence-corrected chi connectivity index (χ2v) is 7.32. The van der Waals surface area contributed by atoms with Gasteiger partial charge < -0.3 is 10.2 Å². The Morgan fingerprint density at radius 1 is 1.38 bits per heavy atom. The Morgan fingerprint density at radius 2 is 1.94 bits per heavy atom. The van der Waals surface area contributed by atoms with Gasteiger partial charge >= 0.3 is 0 Å². The lowest BCUT2D eigenvalue weighted by molar-refractivity contribution is 0.189. The molecule has 0 aromatic heterocycles. The third-order valence-corrected chi connectivity index (χ3v) is 3.88. The Bertz CT molecular complexity index is 290. The maximum absolute atomic E-state index is 11.1. The van der Waals surface area contributed by atoms with Gasteiger partial charge in [-0.2, -0.15) is 0 Å². The van der Waals surface area contributed by atoms with Crippen LogP contribution in [0.4, 0.5) is 0 Å². The lowest BCUT2D eigenvalue weighted by atomic mass is 9.87. The van der Waals surface area contributed by atoms with Gasteiger partial charge in [-0.15, -0.1) is 0 Å². The van der Waals surface area contributed by atoms with E-state index in [2.05, 4.69) is 24.1 Å². The zero-order valence-electron chi connectivity index (χ0n) is 11.2. The van der Waals surface area contributed by atoms with Gasteiger partial charge in [-0.3, -0.25) is 0 Å². The third kappa shape index (κ3) is 7.19. The van der Waals surface area contributed by atoms with E-state index in [1.54, 1.807) is 0 Å². The molecule has 0 amide bonds. The van der Waals surface area contributed by atoms with Crippen LogP contribution in [0.15, 0.2) is 0 Å². The van der Waals surface area contributed by atoms with Crippen LogP contribution >= 0.6 is 0 Å². The van der Waals surface area contributed by atoms with Crippen molar-refractivity contribution in [3.63, 3.8) is 0 Å². The lowest BCUT2D eigenvalue weighted by Crippen LogP contribution is -2.41. The first kappa shape index (κ1) is 15.9. The number of hydrogen-bond donors (Lipinski definition) is 1. The Hall–Kier alpha value is -0.130. The number of nitrogens with zero attached hydrogens (tertiary/aromatic N) is 1. The van der Waals surface area contributed by atoms with E-state index in [0.717, 1.165) is 19.5 Å². The summed E-state index contributed by atoms with van der Waals surface area (Å²) in [6.45, 7) is 6.87. The molecule has 0 saturated heterocycles. The molecular weight excluding hydrogens is 224 g/mol. The highest BCUT2D eigenvalue weighted by Crippen LogP contribution is 2.20. The minimum Gasteiger partial charge on any atom is -0.319 e. The van der Waals surface area contributed by atoms with Gasteiger partial charge in [0.2, 0.25) is 0 Å². The second kappa shape index (κ2) is 6.57. The smallest absolute Gasteiger partial charge is 0.148 e. The summed E-state index contributed by atoms with van der Waals surface area (Å²) in [6.07, 6.45) is 2.37. The molecule has 0 aliphatic carbocycles. The Balaban J connectivity index is 4.15. The molecule has 0 aliphatic rings. The van der Waals surface area contributed by atoms with Gasteiger partial charge in [0.1, 0.15) is 9.84 Å². The van der Waals surface area contributed by atoms with E-state index >= 15 is 0 Å². The predicted octanol–water partition coefficient (Wildman–Crippen LogP) is 0.599. The summed E-state index contributed by atoms with van der Waals surface area (Å²) >= 11 is 0. The molecule has 1 atom stereocenters. The number of nitrogens with one attached hydrogen (secondary N) is 1. The highest BCUT2D eigenvalue weighted by molar-refractivity contribution is 7.90. The second-order valence-electron chi connectivity index (χ2n) is 5.06. The fourth-order valence-electron chi connectivity index (χ4n) is 1.77. The predicted molar refractivity (Wildman–Crippen MR) is 69.5 cm³/mol. The Morgan fingerprint density at radius 3 is 2.31 bits per heavy atom. The van der Waals surface area contributed by atoms with E-state index in [9.17, 15) is 8.42 Å². The molecule has 0 aromatic rings. The molecule has 0 saturated carbocycles. The maximum atomic E-state index is 11.1. The van der Waals surface area contributed by atoms with Crippen molar-refractivity contribution in [1.82, 2.24) is 10.2 Å². The summed E-state index contributed by atoms with van der Waals surface area (Å²) in [4.78, 5) is 2.10. The van der Waals surface area contributed by atoms with Gasteiger partial charge in [0.05, 0.1) is 5.75 Å². The molecule has 0 aliphatic heterocycles. The summed E-state index contributed by atoms with van der Waals surface area (Å²) in [7, 11) is 1.08. The molecular formula is C11H26N2O2S. The SMILES string of the molecule is CCC(C)(CNC)CN(C)CCS(C)(=O)=O. The van der Waals surface area contributed by atoms with Crippen LogP contribution in [-0.2, 0) is 9.84 Å². The van der Waals surface area contributed by atoms with Gasteiger partial charge in [-0.25, -0.2) is 8.42 Å². The molecule has 0 radical (unpaired) electrons. The van der Waals surface area contributed by atoms with Crippen molar-refractivity contribution in [3.05, 3.63) is 0 Å². The standard InChI is InChI=1S/C11H26N2O2S/c1-6-11(2,9-12-3)10-13(4)7-8-16(5,14)15/h12H,6-10H2,1-5H3. The minimum atomic E-state index is -2.85. The first-order valence-electron chi connectivity index (χ1n) is 5.73. The van der Waals surface area contributed by atoms with Crippen LogP contribution in [0.1, 0.15) is 20.3 Å². The average molecular weight is 250 g/mol. The topological polar surface area (TPSA) is 49.4 Å². The monoisotopic (exact) mass is 250 g/mol. The van der Waals surface area contributed by atoms with Crippen LogP contribution in [0.25, 0.3) is 0 Å². The molecule has 1 N–H and O–H groups in total. The number of hydrogen-bond acceptors (Lipinski definition) is 4. The van der Waals surface area contributed by atoms with Crippen molar-refractivity contribution in [2.45, 2.75) is 20.3 Å². The lowest BCUT2D eigenvalue weighted by Gasteiger charge is -2.32. The Kier molecular flexibility index (Phi) is 6.51. The number of sulfone groups is 1. The molecule has 4 nitrogen and oxygen atoms in total. The maximum Gasteiger partial charge on any atom is 0.148 e. The van der Waals surface area contributed by atoms with E-state index < -0.39 is 9.84 Å². The van der Waals surface area contributed by atoms with Crippen molar-refractivity contribution in [3.8, 4) is 0 Å². The van der Waals surface area contributed by atoms with E-state index in [0.29, 0.717) is 6.54 Å². The highest BCUT2D eigenvalue weighted by atomic mass is 32.2. The summed E-state index contributed by atoms with van der Waals surface area (Å²) < 4.78 is 22.1. The molecule has 1 unspecified atom stereocenters. The van der Waals surface area contributed by atoms with Gasteiger partial charge in [0, 0.05) is 25.9 Å². The van der Waals surface area contributed by atoms with Crippen LogP contribution in [0.2, 0.25) is 0 Å². The van der Waals surface area contributed by atoms with Crippen molar-refractivity contribution in [2.24, 2.45) is 5.41 Å². The largest absolute Gasteiger partial charge is 0.319 e. The molecule has 0 heterocycles. The summed E-state index contributed by atoms with van der Waals surface area (Å²) in [5, 5.41) is 3.19. The zero-order valence-corrected chi connectivity index (χ0v) is 12.0. The fourth-order valence-corrected chi connectivity index (χ4v) is 2.42. The van der Waals surface area contributed by atoms with Crippen molar-refractivity contribution in [2.75, 3.05) is 45.7 Å². The highest BCUT2D eigenvalue weighted by Gasteiger charge is 2.23. The van der Waals surface area contributed by atoms with Gasteiger partial charge in [-0.05, 0) is 25.9 Å². The molecule has 5 heteroatoms. The molecule has 0 fully saturated rings. The fraction of sp³-hybridized carbons (Fsp3) is 1.00. The van der Waals surface area contributed by atoms with Crippen molar-refractivity contribution in [1.29, 1.82) is 0 Å². The quantitative estimate of drug-likeness (QED) is 0.685. The molecule has 0 bridgehead atoms. The molecule has 0 rings (SSSR count). The van der Waals surface area contributed by atoms with E-state index in [-0.39, 0.29) is 11.2 Å². The summed E-state index contributed by atoms with van der Waals surface area (Å²) in [6, 6.07) is 0. The van der Waals surface area contributed by atoms with Crippen molar-refractivity contribution < 1.29 is 8.42 Å². The van der Waals surface area contributed by atoms with E-state index in [1.165, 1.54) is 6.26 Å². The molecule has 0 spiro atoms. The first-order valence-corrected chi connectivity index (χ1v) is 7.79. The van der Waals surface area contributed by atoms with Gasteiger partial charge in [0.25, 0.3) is 0 Å². The summed E-state index contributed by atoms with van der Waals surface area (Å²) in [5.74, 6) is 0.239. The van der Waals surface area contributed by atoms with Gasteiger partial charge in [-0.1, -0.05) is 13.8 Å². The van der Waals surface area contributed by atoms with E-state index in [4.69, 9.17) is 0 Å². The third-order valence-electron chi connectivity index (χ3n) is 2.95. The minimum absolute atomic E-state index is 0.209. The van der Waals surface area contributed by atoms with Crippen molar-refractivity contribution >= 4 is 9.84 Å². The summed E-state index contributed by atoms with van der Waals surface area (Å²) in [5.41, 5.74) is 0.209.